The van der Waals surface area contributed by atoms with Crippen molar-refractivity contribution in [1.82, 2.24) is 24.8 Å². The summed E-state index contributed by atoms with van der Waals surface area (Å²) in [6.45, 7) is 1.77. The van der Waals surface area contributed by atoms with Crippen LogP contribution in [-0.2, 0) is 14.8 Å². The van der Waals surface area contributed by atoms with Crippen LogP contribution < -0.4 is 4.72 Å². The maximum absolute atomic E-state index is 12.8. The quantitative estimate of drug-likeness (QED) is 0.611. The first-order chi connectivity index (χ1) is 14.5. The number of hydrogen-bond acceptors (Lipinski definition) is 6. The number of ether oxygens (including phenoxy) is 1. The number of aromatic amines is 1. The van der Waals surface area contributed by atoms with Gasteiger partial charge in [0.1, 0.15) is 5.82 Å². The third-order valence-corrected chi connectivity index (χ3v) is 7.12. The number of carbonyl (C=O) groups excluding carboxylic acids is 1. The fraction of sp³-hybridized carbons (Fsp3) is 0.550. The number of hydrogen-bond donors (Lipinski definition) is 2. The normalized spacial score (nSPS) is 18.0. The van der Waals surface area contributed by atoms with E-state index in [9.17, 15) is 13.2 Å². The van der Waals surface area contributed by atoms with Gasteiger partial charge in [0, 0.05) is 44.1 Å². The van der Waals surface area contributed by atoms with Gasteiger partial charge in [-0.25, -0.2) is 18.1 Å². The second kappa shape index (κ2) is 8.83. The van der Waals surface area contributed by atoms with Gasteiger partial charge in [-0.15, -0.1) is 0 Å². The molecule has 2 aliphatic rings. The Labute approximate surface area is 176 Å². The smallest absolute Gasteiger partial charge is 0.253 e. The number of methoxy groups -OCH3 is 1. The van der Waals surface area contributed by atoms with E-state index in [-0.39, 0.29) is 17.3 Å². The van der Waals surface area contributed by atoms with Crippen LogP contribution in [-0.4, -0.2) is 67.8 Å². The maximum atomic E-state index is 12.8. The number of piperidine rings is 1. The number of rotatable bonds is 8. The molecule has 2 aromatic rings. The van der Waals surface area contributed by atoms with Crippen LogP contribution in [0.2, 0.25) is 0 Å². The van der Waals surface area contributed by atoms with Crippen molar-refractivity contribution in [3.63, 3.8) is 0 Å². The Balaban J connectivity index is 1.33. The lowest BCUT2D eigenvalue weighted by atomic mass is 9.95. The predicted octanol–water partition coefficient (Wildman–Crippen LogP) is 1.63. The second-order valence-electron chi connectivity index (χ2n) is 7.83. The molecule has 1 aromatic carbocycles. The number of aromatic nitrogens is 3. The topological polar surface area (TPSA) is 117 Å². The van der Waals surface area contributed by atoms with Crippen molar-refractivity contribution in [3.05, 3.63) is 41.5 Å². The molecule has 0 radical (unpaired) electrons. The number of sulfonamides is 1. The lowest BCUT2D eigenvalue weighted by Gasteiger charge is -2.31. The molecule has 0 bridgehead atoms. The summed E-state index contributed by atoms with van der Waals surface area (Å²) in [5, 5.41) is 7.40. The van der Waals surface area contributed by atoms with E-state index < -0.39 is 10.0 Å². The van der Waals surface area contributed by atoms with E-state index in [1.807, 2.05) is 4.90 Å². The van der Waals surface area contributed by atoms with Gasteiger partial charge in [-0.1, -0.05) is 0 Å². The molecule has 30 heavy (non-hydrogen) atoms. The summed E-state index contributed by atoms with van der Waals surface area (Å²) in [6, 6.07) is 6.06. The lowest BCUT2D eigenvalue weighted by molar-refractivity contribution is 0.0711. The van der Waals surface area contributed by atoms with Crippen LogP contribution in [0, 0.1) is 0 Å². The first-order valence-corrected chi connectivity index (χ1v) is 11.8. The van der Waals surface area contributed by atoms with Crippen molar-refractivity contribution in [1.29, 1.82) is 0 Å². The van der Waals surface area contributed by atoms with E-state index in [4.69, 9.17) is 4.74 Å². The highest BCUT2D eigenvalue weighted by Crippen LogP contribution is 2.38. The van der Waals surface area contributed by atoms with Crippen LogP contribution in [0.25, 0.3) is 0 Å². The first-order valence-electron chi connectivity index (χ1n) is 10.3. The van der Waals surface area contributed by atoms with Gasteiger partial charge in [-0.3, -0.25) is 9.89 Å². The summed E-state index contributed by atoms with van der Waals surface area (Å²) in [4.78, 5) is 19.4. The largest absolute Gasteiger partial charge is 0.383 e. The SMILES string of the molecule is COCCNS(=O)(=O)c1ccc(C(=O)N2CCC(c3nc(C4CC4)n[nH]3)CC2)cc1. The minimum atomic E-state index is -3.61. The van der Waals surface area contributed by atoms with Crippen LogP contribution in [0.3, 0.4) is 0 Å². The average molecular weight is 434 g/mol. The summed E-state index contributed by atoms with van der Waals surface area (Å²) in [5.41, 5.74) is 0.486. The van der Waals surface area contributed by atoms with Gasteiger partial charge in [0.25, 0.3) is 5.91 Å². The van der Waals surface area contributed by atoms with Crippen LogP contribution in [0.1, 0.15) is 59.5 Å². The molecule has 2 N–H and O–H groups in total. The number of likely N-dealkylation sites (tertiary alicyclic amines) is 1. The van der Waals surface area contributed by atoms with Gasteiger partial charge in [0.2, 0.25) is 10.0 Å². The zero-order chi connectivity index (χ0) is 21.1. The van der Waals surface area contributed by atoms with Gasteiger partial charge < -0.3 is 9.64 Å². The van der Waals surface area contributed by atoms with Crippen molar-refractivity contribution >= 4 is 15.9 Å². The highest BCUT2D eigenvalue weighted by molar-refractivity contribution is 7.89. The highest BCUT2D eigenvalue weighted by Gasteiger charge is 2.31. The third-order valence-electron chi connectivity index (χ3n) is 5.64. The van der Waals surface area contributed by atoms with Crippen molar-refractivity contribution < 1.29 is 17.9 Å². The summed E-state index contributed by atoms with van der Waals surface area (Å²) in [6.07, 6.45) is 4.02. The minimum absolute atomic E-state index is 0.0824. The fourth-order valence-corrected chi connectivity index (χ4v) is 4.68. The second-order valence-corrected chi connectivity index (χ2v) is 9.60. The molecule has 2 fully saturated rings. The molecule has 0 spiro atoms. The molecule has 9 nitrogen and oxygen atoms in total. The molecule has 1 amide bonds. The van der Waals surface area contributed by atoms with Crippen LogP contribution in [0.15, 0.2) is 29.2 Å². The van der Waals surface area contributed by atoms with Gasteiger partial charge in [0.05, 0.1) is 11.5 Å². The number of nitrogens with zero attached hydrogens (tertiary/aromatic N) is 3. The number of H-pyrrole nitrogens is 1. The molecular formula is C20H27N5O4S. The third kappa shape index (κ3) is 4.71. The Morgan fingerprint density at radius 2 is 1.87 bits per heavy atom. The van der Waals surface area contributed by atoms with Crippen LogP contribution >= 0.6 is 0 Å². The fourth-order valence-electron chi connectivity index (χ4n) is 3.67. The average Bonchev–Trinajstić information content (AvgIpc) is 3.50. The zero-order valence-corrected chi connectivity index (χ0v) is 17.8. The van der Waals surface area contributed by atoms with Crippen LogP contribution in [0.4, 0.5) is 0 Å². The van der Waals surface area contributed by atoms with Crippen molar-refractivity contribution in [2.75, 3.05) is 33.4 Å². The Morgan fingerprint density at radius 1 is 1.17 bits per heavy atom. The molecule has 4 rings (SSSR count). The van der Waals surface area contributed by atoms with Gasteiger partial charge in [0.15, 0.2) is 5.82 Å². The Morgan fingerprint density at radius 3 is 2.50 bits per heavy atom. The Bertz CT molecular complexity index is 977. The maximum Gasteiger partial charge on any atom is 0.253 e. The van der Waals surface area contributed by atoms with E-state index in [1.54, 1.807) is 12.1 Å². The molecule has 1 aliphatic heterocycles. The van der Waals surface area contributed by atoms with Gasteiger partial charge >= 0.3 is 0 Å². The molecular weight excluding hydrogens is 406 g/mol. The van der Waals surface area contributed by atoms with E-state index in [2.05, 4.69) is 19.9 Å². The van der Waals surface area contributed by atoms with E-state index >= 15 is 0 Å². The lowest BCUT2D eigenvalue weighted by Crippen LogP contribution is -2.38. The molecule has 2 heterocycles. The highest BCUT2D eigenvalue weighted by atomic mass is 32.2. The molecule has 1 saturated heterocycles. The molecule has 1 aliphatic carbocycles. The Kier molecular flexibility index (Phi) is 6.16. The van der Waals surface area contributed by atoms with Gasteiger partial charge in [-0.05, 0) is 49.9 Å². The van der Waals surface area contributed by atoms with Crippen molar-refractivity contribution in [2.45, 2.75) is 42.4 Å². The molecule has 162 valence electrons. The van der Waals surface area contributed by atoms with E-state index in [1.165, 1.54) is 32.1 Å². The molecule has 1 aromatic heterocycles. The minimum Gasteiger partial charge on any atom is -0.383 e. The van der Waals surface area contributed by atoms with E-state index in [0.29, 0.717) is 37.1 Å². The molecule has 10 heteroatoms. The van der Waals surface area contributed by atoms with Crippen molar-refractivity contribution in [2.24, 2.45) is 0 Å². The molecule has 0 atom stereocenters. The van der Waals surface area contributed by atoms with E-state index in [0.717, 1.165) is 24.5 Å². The number of nitrogens with one attached hydrogen (secondary N) is 2. The number of amides is 1. The number of carbonyl (C=O) groups is 1. The monoisotopic (exact) mass is 433 g/mol. The van der Waals surface area contributed by atoms with Gasteiger partial charge in [-0.2, -0.15) is 5.10 Å². The summed E-state index contributed by atoms with van der Waals surface area (Å²) in [7, 11) is -2.10. The molecule has 0 unspecified atom stereocenters. The summed E-state index contributed by atoms with van der Waals surface area (Å²) < 4.78 is 31.8. The van der Waals surface area contributed by atoms with Crippen molar-refractivity contribution in [3.8, 4) is 0 Å². The first kappa shape index (κ1) is 21.0. The Hall–Kier alpha value is -2.30. The standard InChI is InChI=1S/C20H27N5O4S/c1-29-13-10-21-30(27,28)17-6-4-16(5-7-17)20(26)25-11-8-15(9-12-25)19-22-18(23-24-19)14-2-3-14/h4-7,14-15,21H,2-3,8-13H2,1H3,(H,22,23,24). The zero-order valence-electron chi connectivity index (χ0n) is 17.0. The number of benzene rings is 1. The predicted molar refractivity (Wildman–Crippen MR) is 110 cm³/mol. The summed E-state index contributed by atoms with van der Waals surface area (Å²) >= 11 is 0. The molecule has 1 saturated carbocycles. The van der Waals surface area contributed by atoms with Crippen LogP contribution in [0.5, 0.6) is 0 Å². The summed E-state index contributed by atoms with van der Waals surface area (Å²) in [5.74, 6) is 2.59.